The minimum Gasteiger partial charge on any atom is -0.381 e. The van der Waals surface area contributed by atoms with Gasteiger partial charge in [-0.1, -0.05) is 12.1 Å². The van der Waals surface area contributed by atoms with Crippen LogP contribution in [-0.2, 0) is 4.74 Å². The van der Waals surface area contributed by atoms with Crippen molar-refractivity contribution < 1.29 is 4.74 Å². The molecule has 2 N–H and O–H groups in total. The van der Waals surface area contributed by atoms with Crippen molar-refractivity contribution in [3.8, 4) is 0 Å². The van der Waals surface area contributed by atoms with Gasteiger partial charge in [-0.25, -0.2) is 0 Å². The fourth-order valence-electron chi connectivity index (χ4n) is 3.58. The van der Waals surface area contributed by atoms with Crippen LogP contribution in [0.1, 0.15) is 19.3 Å². The number of para-hydroxylation sites is 2. The maximum atomic E-state index is 6.22. The standard InChI is InChI=1S/C16H25N3O/c1-18-9-10-19(15-6-3-2-5-14(15)18)16(13-17)7-4-11-20-12-8-16/h2-3,5-6H,4,7-13,17H2,1H3. The largest absolute Gasteiger partial charge is 0.381 e. The molecular weight excluding hydrogens is 250 g/mol. The number of benzene rings is 1. The summed E-state index contributed by atoms with van der Waals surface area (Å²) in [6.45, 7) is 4.50. The Hall–Kier alpha value is -1.26. The van der Waals surface area contributed by atoms with Crippen LogP contribution in [0.4, 0.5) is 11.4 Å². The Labute approximate surface area is 121 Å². The van der Waals surface area contributed by atoms with Gasteiger partial charge in [0.15, 0.2) is 0 Å². The van der Waals surface area contributed by atoms with Gasteiger partial charge in [-0.2, -0.15) is 0 Å². The first kappa shape index (κ1) is 13.7. The maximum Gasteiger partial charge on any atom is 0.0609 e. The van der Waals surface area contributed by atoms with E-state index in [1.165, 1.54) is 11.4 Å². The number of anilines is 2. The highest BCUT2D eigenvalue weighted by Gasteiger charge is 2.38. The predicted octanol–water partition coefficient (Wildman–Crippen LogP) is 1.84. The Morgan fingerprint density at radius 2 is 1.95 bits per heavy atom. The van der Waals surface area contributed by atoms with Gasteiger partial charge < -0.3 is 20.3 Å². The molecule has 0 amide bonds. The molecule has 1 atom stereocenters. The molecule has 2 heterocycles. The monoisotopic (exact) mass is 275 g/mol. The lowest BCUT2D eigenvalue weighted by Crippen LogP contribution is -2.58. The average Bonchev–Trinajstić information content (AvgIpc) is 2.74. The number of nitrogens with zero attached hydrogens (tertiary/aromatic N) is 2. The summed E-state index contributed by atoms with van der Waals surface area (Å²) in [6, 6.07) is 8.68. The van der Waals surface area contributed by atoms with Gasteiger partial charge in [-0.15, -0.1) is 0 Å². The number of nitrogens with two attached hydrogens (primary N) is 1. The number of hydrogen-bond donors (Lipinski definition) is 1. The quantitative estimate of drug-likeness (QED) is 0.894. The third-order valence-corrected chi connectivity index (χ3v) is 4.84. The van der Waals surface area contributed by atoms with Crippen molar-refractivity contribution in [2.45, 2.75) is 24.8 Å². The molecule has 0 saturated carbocycles. The topological polar surface area (TPSA) is 41.7 Å². The number of rotatable bonds is 2. The van der Waals surface area contributed by atoms with E-state index in [4.69, 9.17) is 10.5 Å². The van der Waals surface area contributed by atoms with E-state index in [-0.39, 0.29) is 5.54 Å². The molecule has 1 fully saturated rings. The van der Waals surface area contributed by atoms with Crippen molar-refractivity contribution in [1.29, 1.82) is 0 Å². The van der Waals surface area contributed by atoms with Crippen LogP contribution in [0, 0.1) is 0 Å². The van der Waals surface area contributed by atoms with Crippen molar-refractivity contribution in [2.24, 2.45) is 5.73 Å². The van der Waals surface area contributed by atoms with Gasteiger partial charge in [0.1, 0.15) is 0 Å². The van der Waals surface area contributed by atoms with Crippen LogP contribution in [0.5, 0.6) is 0 Å². The average molecular weight is 275 g/mol. The summed E-state index contributed by atoms with van der Waals surface area (Å²) in [5.41, 5.74) is 8.93. The molecule has 0 radical (unpaired) electrons. The highest BCUT2D eigenvalue weighted by Crippen LogP contribution is 2.39. The first-order valence-electron chi connectivity index (χ1n) is 7.62. The fourth-order valence-corrected chi connectivity index (χ4v) is 3.58. The van der Waals surface area contributed by atoms with Crippen molar-refractivity contribution in [3.63, 3.8) is 0 Å². The van der Waals surface area contributed by atoms with E-state index in [0.717, 1.165) is 45.6 Å². The molecule has 2 aliphatic rings. The summed E-state index contributed by atoms with van der Waals surface area (Å²) in [4.78, 5) is 4.89. The number of ether oxygens (including phenoxy) is 1. The highest BCUT2D eigenvalue weighted by molar-refractivity contribution is 5.74. The Morgan fingerprint density at radius 3 is 2.75 bits per heavy atom. The first-order chi connectivity index (χ1) is 9.77. The molecule has 20 heavy (non-hydrogen) atoms. The summed E-state index contributed by atoms with van der Waals surface area (Å²) < 4.78 is 5.66. The summed E-state index contributed by atoms with van der Waals surface area (Å²) in [7, 11) is 2.17. The van der Waals surface area contributed by atoms with Gasteiger partial charge in [0.25, 0.3) is 0 Å². The summed E-state index contributed by atoms with van der Waals surface area (Å²) in [6.07, 6.45) is 3.26. The van der Waals surface area contributed by atoms with Crippen LogP contribution in [0.25, 0.3) is 0 Å². The summed E-state index contributed by atoms with van der Waals surface area (Å²) >= 11 is 0. The van der Waals surface area contributed by atoms with E-state index in [2.05, 4.69) is 41.1 Å². The highest BCUT2D eigenvalue weighted by atomic mass is 16.5. The number of hydrogen-bond acceptors (Lipinski definition) is 4. The first-order valence-corrected chi connectivity index (χ1v) is 7.62. The Kier molecular flexibility index (Phi) is 3.85. The van der Waals surface area contributed by atoms with E-state index in [9.17, 15) is 0 Å². The Balaban J connectivity index is 1.98. The van der Waals surface area contributed by atoms with E-state index in [1.54, 1.807) is 0 Å². The third-order valence-electron chi connectivity index (χ3n) is 4.84. The van der Waals surface area contributed by atoms with Crippen LogP contribution in [0.15, 0.2) is 24.3 Å². The van der Waals surface area contributed by atoms with E-state index in [1.807, 2.05) is 0 Å². The van der Waals surface area contributed by atoms with Gasteiger partial charge in [-0.05, 0) is 31.4 Å². The zero-order valence-electron chi connectivity index (χ0n) is 12.3. The van der Waals surface area contributed by atoms with E-state index >= 15 is 0 Å². The van der Waals surface area contributed by atoms with Crippen LogP contribution in [0.3, 0.4) is 0 Å². The molecule has 0 spiro atoms. The lowest BCUT2D eigenvalue weighted by atomic mass is 9.87. The van der Waals surface area contributed by atoms with Crippen LogP contribution in [0.2, 0.25) is 0 Å². The normalized spacial score (nSPS) is 27.1. The summed E-state index contributed by atoms with van der Waals surface area (Å²) in [5.74, 6) is 0. The molecule has 1 saturated heterocycles. The molecule has 2 aliphatic heterocycles. The zero-order valence-corrected chi connectivity index (χ0v) is 12.3. The van der Waals surface area contributed by atoms with Crippen molar-refractivity contribution in [3.05, 3.63) is 24.3 Å². The van der Waals surface area contributed by atoms with Crippen molar-refractivity contribution >= 4 is 11.4 Å². The van der Waals surface area contributed by atoms with E-state index in [0.29, 0.717) is 6.54 Å². The molecule has 3 rings (SSSR count). The van der Waals surface area contributed by atoms with Crippen LogP contribution in [-0.4, -0.2) is 45.4 Å². The van der Waals surface area contributed by atoms with Gasteiger partial charge >= 0.3 is 0 Å². The zero-order chi connectivity index (χ0) is 14.0. The second-order valence-electron chi connectivity index (χ2n) is 5.96. The van der Waals surface area contributed by atoms with Gasteiger partial charge in [-0.3, -0.25) is 0 Å². The SMILES string of the molecule is CN1CCN(C2(CN)CCCOCC2)c2ccccc21. The predicted molar refractivity (Wildman–Crippen MR) is 83.5 cm³/mol. The fraction of sp³-hybridized carbons (Fsp3) is 0.625. The van der Waals surface area contributed by atoms with Crippen molar-refractivity contribution in [2.75, 3.05) is 49.7 Å². The van der Waals surface area contributed by atoms with Crippen molar-refractivity contribution in [1.82, 2.24) is 0 Å². The van der Waals surface area contributed by atoms with Gasteiger partial charge in [0, 0.05) is 39.9 Å². The smallest absolute Gasteiger partial charge is 0.0609 e. The van der Waals surface area contributed by atoms with Gasteiger partial charge in [0.05, 0.1) is 16.9 Å². The van der Waals surface area contributed by atoms with E-state index < -0.39 is 0 Å². The molecule has 1 aromatic rings. The van der Waals surface area contributed by atoms with Gasteiger partial charge in [0.2, 0.25) is 0 Å². The second kappa shape index (κ2) is 5.62. The van der Waals surface area contributed by atoms with Crippen LogP contribution >= 0.6 is 0 Å². The Morgan fingerprint density at radius 1 is 1.15 bits per heavy atom. The molecule has 1 aromatic carbocycles. The summed E-state index contributed by atoms with van der Waals surface area (Å²) in [5, 5.41) is 0. The maximum absolute atomic E-state index is 6.22. The molecule has 0 bridgehead atoms. The minimum atomic E-state index is 0.0634. The molecule has 0 aromatic heterocycles. The minimum absolute atomic E-state index is 0.0634. The van der Waals surface area contributed by atoms with Crippen LogP contribution < -0.4 is 15.5 Å². The Bertz CT molecular complexity index is 455. The third kappa shape index (κ3) is 2.27. The molecule has 4 nitrogen and oxygen atoms in total. The lowest BCUT2D eigenvalue weighted by Gasteiger charge is -2.49. The number of likely N-dealkylation sites (N-methyl/N-ethyl adjacent to an activating group) is 1. The second-order valence-corrected chi connectivity index (χ2v) is 5.96. The lowest BCUT2D eigenvalue weighted by molar-refractivity contribution is 0.139. The molecular formula is C16H25N3O. The molecule has 0 aliphatic carbocycles. The molecule has 110 valence electrons. The molecule has 1 unspecified atom stereocenters. The molecule has 4 heteroatoms. The number of fused-ring (bicyclic) bond motifs is 1.